The normalized spacial score (nSPS) is 10.7. The quantitative estimate of drug-likeness (QED) is 0.703. The van der Waals surface area contributed by atoms with E-state index in [1.54, 1.807) is 35.1 Å². The van der Waals surface area contributed by atoms with Gasteiger partial charge in [0.1, 0.15) is 5.75 Å². The Kier molecular flexibility index (Phi) is 3.08. The molecule has 0 atom stereocenters. The van der Waals surface area contributed by atoms with Crippen molar-refractivity contribution >= 4 is 5.69 Å². The predicted octanol–water partition coefficient (Wildman–Crippen LogP) is 1.79. The van der Waals surface area contributed by atoms with E-state index in [0.717, 1.165) is 11.3 Å². The van der Waals surface area contributed by atoms with Gasteiger partial charge in [-0.25, -0.2) is 0 Å². The van der Waals surface area contributed by atoms with Crippen LogP contribution >= 0.6 is 0 Å². The smallest absolute Gasteiger partial charge is 0.246 e. The minimum Gasteiger partial charge on any atom is -0.508 e. The van der Waals surface area contributed by atoms with Crippen molar-refractivity contribution in [2.24, 2.45) is 7.05 Å². The molecular weight excluding hydrogens is 258 g/mol. The summed E-state index contributed by atoms with van der Waals surface area (Å²) < 4.78 is 6.84. The summed E-state index contributed by atoms with van der Waals surface area (Å²) in [6.07, 6.45) is 3.50. The summed E-state index contributed by atoms with van der Waals surface area (Å²) in [4.78, 5) is 4.28. The average Bonchev–Trinajstić information content (AvgIpc) is 3.07. The molecule has 0 unspecified atom stereocenters. The lowest BCUT2D eigenvalue weighted by molar-refractivity contribution is 0.384. The molecule has 0 aliphatic heterocycles. The average molecular weight is 271 g/mol. The molecule has 0 saturated carbocycles. The topological polar surface area (TPSA) is 89.0 Å². The van der Waals surface area contributed by atoms with Gasteiger partial charge in [0.05, 0.1) is 18.3 Å². The Labute approximate surface area is 114 Å². The van der Waals surface area contributed by atoms with Crippen molar-refractivity contribution in [3.63, 3.8) is 0 Å². The fraction of sp³-hybridized carbons (Fsp3) is 0.154. The maximum absolute atomic E-state index is 9.20. The molecule has 7 nitrogen and oxygen atoms in total. The van der Waals surface area contributed by atoms with E-state index in [4.69, 9.17) is 4.52 Å². The Morgan fingerprint density at radius 3 is 2.80 bits per heavy atom. The molecule has 102 valence electrons. The van der Waals surface area contributed by atoms with Crippen LogP contribution in [0.4, 0.5) is 5.69 Å². The first-order valence-corrected chi connectivity index (χ1v) is 6.05. The van der Waals surface area contributed by atoms with Gasteiger partial charge in [0.25, 0.3) is 0 Å². The van der Waals surface area contributed by atoms with Gasteiger partial charge in [-0.3, -0.25) is 4.68 Å². The molecule has 20 heavy (non-hydrogen) atoms. The number of aryl methyl sites for hydroxylation is 1. The minimum absolute atomic E-state index is 0.229. The fourth-order valence-corrected chi connectivity index (χ4v) is 1.74. The zero-order valence-electron chi connectivity index (χ0n) is 10.8. The first-order valence-electron chi connectivity index (χ1n) is 6.05. The van der Waals surface area contributed by atoms with Gasteiger partial charge in [0.2, 0.25) is 11.7 Å². The molecule has 3 aromatic rings. The van der Waals surface area contributed by atoms with Crippen LogP contribution in [0.25, 0.3) is 11.4 Å². The molecule has 2 aromatic heterocycles. The van der Waals surface area contributed by atoms with Crippen LogP contribution in [-0.4, -0.2) is 25.0 Å². The largest absolute Gasteiger partial charge is 0.508 e. The minimum atomic E-state index is 0.229. The van der Waals surface area contributed by atoms with Gasteiger partial charge in [0.15, 0.2) is 0 Å². The second-order valence-corrected chi connectivity index (χ2v) is 4.31. The highest BCUT2D eigenvalue weighted by Gasteiger charge is 2.09. The number of anilines is 1. The maximum Gasteiger partial charge on any atom is 0.246 e. The van der Waals surface area contributed by atoms with Crippen LogP contribution in [0.5, 0.6) is 5.75 Å². The SMILES string of the molecule is Cn1cc(-c2noc(CNc3ccc(O)cc3)n2)cn1. The van der Waals surface area contributed by atoms with Crippen LogP contribution in [0.1, 0.15) is 5.89 Å². The summed E-state index contributed by atoms with van der Waals surface area (Å²) in [5, 5.41) is 20.3. The van der Waals surface area contributed by atoms with Crippen molar-refractivity contribution in [2.75, 3.05) is 5.32 Å². The van der Waals surface area contributed by atoms with Crippen molar-refractivity contribution < 1.29 is 9.63 Å². The van der Waals surface area contributed by atoms with Crippen molar-refractivity contribution in [2.45, 2.75) is 6.54 Å². The summed E-state index contributed by atoms with van der Waals surface area (Å²) in [6, 6.07) is 6.76. The van der Waals surface area contributed by atoms with Gasteiger partial charge in [-0.1, -0.05) is 5.16 Å². The van der Waals surface area contributed by atoms with E-state index in [1.165, 1.54) is 0 Å². The third-order valence-corrected chi connectivity index (χ3v) is 2.74. The van der Waals surface area contributed by atoms with Crippen LogP contribution in [0.15, 0.2) is 41.2 Å². The van der Waals surface area contributed by atoms with Gasteiger partial charge in [-0.05, 0) is 24.3 Å². The lowest BCUT2D eigenvalue weighted by atomic mass is 10.3. The Bertz CT molecular complexity index is 702. The van der Waals surface area contributed by atoms with E-state index in [1.807, 2.05) is 13.2 Å². The lowest BCUT2D eigenvalue weighted by Crippen LogP contribution is -1.99. The molecule has 2 heterocycles. The maximum atomic E-state index is 9.20. The Morgan fingerprint density at radius 1 is 1.30 bits per heavy atom. The van der Waals surface area contributed by atoms with E-state index in [-0.39, 0.29) is 5.75 Å². The third-order valence-electron chi connectivity index (χ3n) is 2.74. The van der Waals surface area contributed by atoms with Crippen molar-refractivity contribution in [1.82, 2.24) is 19.9 Å². The van der Waals surface area contributed by atoms with E-state index in [0.29, 0.717) is 18.3 Å². The number of phenols is 1. The molecule has 1 aromatic carbocycles. The van der Waals surface area contributed by atoms with Gasteiger partial charge >= 0.3 is 0 Å². The molecule has 0 spiro atoms. The number of aromatic nitrogens is 4. The number of hydrogen-bond acceptors (Lipinski definition) is 6. The highest BCUT2D eigenvalue weighted by Crippen LogP contribution is 2.16. The molecule has 0 amide bonds. The van der Waals surface area contributed by atoms with Gasteiger partial charge in [0, 0.05) is 18.9 Å². The summed E-state index contributed by atoms with van der Waals surface area (Å²) >= 11 is 0. The molecule has 0 saturated heterocycles. The summed E-state index contributed by atoms with van der Waals surface area (Å²) in [5.74, 6) is 1.23. The molecule has 2 N–H and O–H groups in total. The molecular formula is C13H13N5O2. The number of nitrogens with one attached hydrogen (secondary N) is 1. The summed E-state index contributed by atoms with van der Waals surface area (Å²) in [7, 11) is 1.83. The summed E-state index contributed by atoms with van der Waals surface area (Å²) in [6.45, 7) is 0.415. The number of rotatable bonds is 4. The zero-order chi connectivity index (χ0) is 13.9. The fourth-order valence-electron chi connectivity index (χ4n) is 1.74. The first kappa shape index (κ1) is 12.2. The molecule has 7 heteroatoms. The highest BCUT2D eigenvalue weighted by atomic mass is 16.5. The molecule has 0 radical (unpaired) electrons. The molecule has 0 bridgehead atoms. The highest BCUT2D eigenvalue weighted by molar-refractivity contribution is 5.51. The second kappa shape index (κ2) is 5.04. The van der Waals surface area contributed by atoms with Crippen LogP contribution in [0.3, 0.4) is 0 Å². The second-order valence-electron chi connectivity index (χ2n) is 4.31. The van der Waals surface area contributed by atoms with E-state index in [2.05, 4.69) is 20.6 Å². The molecule has 0 fully saturated rings. The van der Waals surface area contributed by atoms with Gasteiger partial charge in [-0.15, -0.1) is 0 Å². The van der Waals surface area contributed by atoms with E-state index >= 15 is 0 Å². The summed E-state index contributed by atoms with van der Waals surface area (Å²) in [5.41, 5.74) is 1.68. The van der Waals surface area contributed by atoms with Crippen LogP contribution in [0, 0.1) is 0 Å². The van der Waals surface area contributed by atoms with E-state index in [9.17, 15) is 5.11 Å². The number of nitrogens with zero attached hydrogens (tertiary/aromatic N) is 4. The number of aromatic hydroxyl groups is 1. The lowest BCUT2D eigenvalue weighted by Gasteiger charge is -2.02. The monoisotopic (exact) mass is 271 g/mol. The van der Waals surface area contributed by atoms with Crippen LogP contribution < -0.4 is 5.32 Å². The number of hydrogen-bond donors (Lipinski definition) is 2. The molecule has 3 rings (SSSR count). The standard InChI is InChI=1S/C13H13N5O2/c1-18-8-9(6-15-18)13-16-12(20-17-13)7-14-10-2-4-11(19)5-3-10/h2-6,8,14,19H,7H2,1H3. The van der Waals surface area contributed by atoms with Crippen molar-refractivity contribution in [1.29, 1.82) is 0 Å². The Morgan fingerprint density at radius 2 is 2.10 bits per heavy atom. The first-order chi connectivity index (χ1) is 9.70. The number of benzene rings is 1. The van der Waals surface area contributed by atoms with Crippen LogP contribution in [-0.2, 0) is 13.6 Å². The molecule has 0 aliphatic rings. The third kappa shape index (κ3) is 2.61. The Balaban J connectivity index is 1.67. The van der Waals surface area contributed by atoms with Gasteiger partial charge < -0.3 is 14.9 Å². The zero-order valence-corrected chi connectivity index (χ0v) is 10.8. The van der Waals surface area contributed by atoms with Crippen molar-refractivity contribution in [3.8, 4) is 17.1 Å². The number of phenolic OH excluding ortho intramolecular Hbond substituents is 1. The van der Waals surface area contributed by atoms with Crippen LogP contribution in [0.2, 0.25) is 0 Å². The molecule has 0 aliphatic carbocycles. The predicted molar refractivity (Wildman–Crippen MR) is 71.9 cm³/mol. The Hall–Kier alpha value is -2.83. The van der Waals surface area contributed by atoms with Crippen molar-refractivity contribution in [3.05, 3.63) is 42.5 Å². The van der Waals surface area contributed by atoms with Gasteiger partial charge in [-0.2, -0.15) is 10.1 Å². The van der Waals surface area contributed by atoms with E-state index < -0.39 is 0 Å².